The minimum absolute atomic E-state index is 0.00482. The number of nitrogens with one attached hydrogen (secondary N) is 2. The molecule has 4 amide bonds. The molecule has 3 unspecified atom stereocenters. The lowest BCUT2D eigenvalue weighted by molar-refractivity contribution is -0.176. The molecule has 85 heavy (non-hydrogen) atoms. The number of ether oxygens (including phenoxy) is 5. The van der Waals surface area contributed by atoms with Crippen LogP contribution < -0.4 is 27.1 Å². The van der Waals surface area contributed by atoms with Crippen molar-refractivity contribution in [2.45, 2.75) is 74.7 Å². The second-order valence-electron chi connectivity index (χ2n) is 18.9. The third-order valence-electron chi connectivity index (χ3n) is 12.9. The number of aromatic carboxylic acids is 1. The van der Waals surface area contributed by atoms with Gasteiger partial charge in [0.05, 0.1) is 85.8 Å². The number of carbonyl (C=O) groups is 4. The fourth-order valence-electron chi connectivity index (χ4n) is 9.08. The number of urea groups is 1. The highest BCUT2D eigenvalue weighted by molar-refractivity contribution is 7.95. The second-order valence-corrected chi connectivity index (χ2v) is 25.0. The van der Waals surface area contributed by atoms with E-state index >= 15 is 0 Å². The van der Waals surface area contributed by atoms with Gasteiger partial charge in [0.2, 0.25) is 11.3 Å². The van der Waals surface area contributed by atoms with E-state index in [0.717, 1.165) is 12.1 Å². The average Bonchev–Trinajstić information content (AvgIpc) is 1.64. The summed E-state index contributed by atoms with van der Waals surface area (Å²) in [7, 11) is -20.1. The number of allylic oxidation sites excluding steroid dienone is 1. The first-order chi connectivity index (χ1) is 40.1. The zero-order valence-electron chi connectivity index (χ0n) is 45.3. The van der Waals surface area contributed by atoms with Crippen LogP contribution in [-0.4, -0.2) is 203 Å². The molecule has 0 aromatic heterocycles. The number of amidine groups is 1. The molecule has 3 aliphatic heterocycles. The Labute approximate surface area is 488 Å². The third-order valence-corrected chi connectivity index (χ3v) is 16.9. The zero-order chi connectivity index (χ0) is 62.6. The number of rotatable bonds is 33. The lowest BCUT2D eigenvalue weighted by Gasteiger charge is -2.34. The molecule has 470 valence electrons. The minimum atomic E-state index is -5.24. The van der Waals surface area contributed by atoms with Crippen LogP contribution in [0.2, 0.25) is 0 Å². The number of fused-ring (bicyclic) bond motifs is 2. The summed E-state index contributed by atoms with van der Waals surface area (Å²) in [5.74, 6) is -5.00. The summed E-state index contributed by atoms with van der Waals surface area (Å²) in [4.78, 5) is 77.8. The van der Waals surface area contributed by atoms with Crippen LogP contribution in [0, 0.1) is 5.92 Å². The van der Waals surface area contributed by atoms with Gasteiger partial charge in [0.15, 0.2) is 32.8 Å². The number of aliphatic hydroxyl groups excluding tert-OH is 1. The van der Waals surface area contributed by atoms with Crippen LogP contribution in [-0.2, 0) is 78.6 Å². The Balaban J connectivity index is 0.00000319. The molecule has 0 spiro atoms. The van der Waals surface area contributed by atoms with Crippen LogP contribution in [0.1, 0.15) is 77.0 Å². The number of unbranched alkanes of at least 4 members (excludes halogenated alkanes) is 2. The number of nitrogens with two attached hydrogens (primary N) is 2. The number of sulfone groups is 1. The molecular formula is C48H65N6O26P2S3+. The van der Waals surface area contributed by atoms with Crippen LogP contribution in [0.4, 0.5) is 4.79 Å². The Morgan fingerprint density at radius 1 is 0.835 bits per heavy atom. The lowest BCUT2D eigenvalue weighted by Crippen LogP contribution is -2.53. The van der Waals surface area contributed by atoms with Crippen molar-refractivity contribution in [3.8, 4) is 22.5 Å². The highest BCUT2D eigenvalue weighted by Gasteiger charge is 2.48. The number of aliphatic imine (C=N–C) groups is 1. The molecule has 1 fully saturated rings. The largest absolute Gasteiger partial charge is 0.748 e. The van der Waals surface area contributed by atoms with E-state index in [0.29, 0.717) is 19.4 Å². The number of carboxylic acid groups (broad SMARTS) is 1. The van der Waals surface area contributed by atoms with Gasteiger partial charge in [-0.05, 0) is 62.3 Å². The number of benzene rings is 2. The Kier molecular flexibility index (Phi) is 27.1. The summed E-state index contributed by atoms with van der Waals surface area (Å²) in [6, 6.07) is 5.56. The van der Waals surface area contributed by atoms with Crippen molar-refractivity contribution in [2.24, 2.45) is 16.6 Å². The van der Waals surface area contributed by atoms with Gasteiger partial charge in [-0.2, -0.15) is 4.99 Å². The van der Waals surface area contributed by atoms with Crippen molar-refractivity contribution in [1.82, 2.24) is 15.5 Å². The maximum Gasteiger partial charge on any atom is 0.695 e. The van der Waals surface area contributed by atoms with E-state index in [1.54, 1.807) is 0 Å². The molecule has 3 heterocycles. The SMILES string of the molecule is NC1=NC(=O)N([C@@H]2OCC(O[P+](=O)O)[C@@H]2O)CC1CCCNC(=O)CCOCCOCCOCCOCCNC(=O)c1ccc(-c2c3ccc(=[NH2+])c(S(=O)(=O)CCCCCS(=O)(=O)[O-])c-3oc3c2CCC=C3S(=O)(=O)[O-])c(C(=O)O)c1.O=[P+](O)O. The standard InChI is InChI=1S/C48H63N6O23PS3.HO3P/c49-35-12-11-33-39(32-7-4-8-37(81(68,69)70)41(32)76-42(33)43(35)79(63,64)24-2-1-3-25-80(65,66)67)31-10-9-29(26-34(31)47(58)59)45(57)52-15-17-72-19-21-74-23-22-73-20-18-71-16-13-38(55)51-14-5-6-30-27-54(48(60)53-44(30)50)46-40(56)36(28-75-46)77-78(61)62;1-4(2)3/h8-12,26,30,36,40,46,49,56H,1-7,13-25,27-28H2,(H7-,50,51,52,53,55,57,58,59,60,61,62,65,66,67,68,69,70);(H-,1,2,3)/p+1/t30?,36?,40-,46+;/m0./s1. The van der Waals surface area contributed by atoms with E-state index in [-0.39, 0.29) is 162 Å². The molecule has 32 nitrogen and oxygen atoms in total. The molecule has 6 rings (SSSR count). The van der Waals surface area contributed by atoms with Crippen molar-refractivity contribution < 1.29 is 126 Å². The van der Waals surface area contributed by atoms with Gasteiger partial charge in [-0.15, -0.1) is 19.2 Å². The molecule has 1 aromatic rings. The predicted octanol–water partition coefficient (Wildman–Crippen LogP) is -1.40. The monoisotopic (exact) mass is 1300 g/mol. The average molecular weight is 1300 g/mol. The first-order valence-electron chi connectivity index (χ1n) is 26.0. The second kappa shape index (κ2) is 32.9. The van der Waals surface area contributed by atoms with Crippen LogP contribution >= 0.6 is 16.5 Å². The molecule has 0 saturated carbocycles. The molecule has 11 N–H and O–H groups in total. The minimum Gasteiger partial charge on any atom is -0.748 e. The van der Waals surface area contributed by atoms with Crippen LogP contribution in [0.5, 0.6) is 0 Å². The first kappa shape index (κ1) is 70.1. The number of nitrogens with zero attached hydrogens (tertiary/aromatic N) is 2. The molecule has 1 saturated heterocycles. The van der Waals surface area contributed by atoms with Gasteiger partial charge >= 0.3 is 28.5 Å². The fraction of sp³-hybridized carbons (Fsp3) is 0.542. The van der Waals surface area contributed by atoms with Crippen molar-refractivity contribution in [1.29, 1.82) is 0 Å². The summed E-state index contributed by atoms with van der Waals surface area (Å²) < 4.78 is 156. The molecule has 5 aliphatic rings. The molecule has 0 bridgehead atoms. The van der Waals surface area contributed by atoms with E-state index in [1.165, 1.54) is 29.2 Å². The highest BCUT2D eigenvalue weighted by atomic mass is 32.2. The van der Waals surface area contributed by atoms with Crippen molar-refractivity contribution in [3.05, 3.63) is 64.2 Å². The van der Waals surface area contributed by atoms with E-state index < -0.39 is 121 Å². The van der Waals surface area contributed by atoms with Crippen LogP contribution in [0.15, 0.2) is 50.7 Å². The number of aliphatic hydroxyl groups is 1. The zero-order valence-corrected chi connectivity index (χ0v) is 49.5. The summed E-state index contributed by atoms with van der Waals surface area (Å²) in [6.45, 7) is 1.72. The summed E-state index contributed by atoms with van der Waals surface area (Å²) >= 11 is 0. The normalized spacial score (nSPS) is 18.2. The number of carboxylic acids is 1. The van der Waals surface area contributed by atoms with Gasteiger partial charge in [-0.25, -0.2) is 34.8 Å². The first-order valence-corrected chi connectivity index (χ1v) is 32.9. The quantitative estimate of drug-likeness (QED) is 0.0192. The number of hydrogen-bond donors (Lipinski definition) is 9. The van der Waals surface area contributed by atoms with Crippen LogP contribution in [0.25, 0.3) is 27.4 Å². The van der Waals surface area contributed by atoms with Crippen molar-refractivity contribution in [2.75, 3.05) is 90.6 Å². The maximum absolute atomic E-state index is 13.9. The van der Waals surface area contributed by atoms with E-state index in [1.807, 2.05) is 0 Å². The topological polar surface area (TPSA) is 512 Å². The van der Waals surface area contributed by atoms with E-state index in [2.05, 4.69) is 15.6 Å². The van der Waals surface area contributed by atoms with Gasteiger partial charge in [-0.1, -0.05) is 18.6 Å². The fourth-order valence-corrected chi connectivity index (χ4v) is 12.4. The molecular weight excluding hydrogens is 1230 g/mol. The summed E-state index contributed by atoms with van der Waals surface area (Å²) in [5, 5.41) is 32.2. The smallest absolute Gasteiger partial charge is 0.695 e. The molecule has 5 atom stereocenters. The van der Waals surface area contributed by atoms with Crippen molar-refractivity contribution >= 4 is 81.1 Å². The van der Waals surface area contributed by atoms with Gasteiger partial charge in [-0.3, -0.25) is 19.9 Å². The molecule has 2 aliphatic carbocycles. The summed E-state index contributed by atoms with van der Waals surface area (Å²) in [5.41, 5.74) is 5.49. The van der Waals surface area contributed by atoms with Crippen molar-refractivity contribution in [3.63, 3.8) is 0 Å². The van der Waals surface area contributed by atoms with Gasteiger partial charge in [0, 0.05) is 75.2 Å². The van der Waals surface area contributed by atoms with E-state index in [9.17, 15) is 68.3 Å². The molecule has 37 heteroatoms. The highest BCUT2D eigenvalue weighted by Crippen LogP contribution is 2.46. The third kappa shape index (κ3) is 21.3. The Bertz CT molecular complexity index is 3340. The maximum atomic E-state index is 13.9. The summed E-state index contributed by atoms with van der Waals surface area (Å²) in [6.07, 6.45) is -1.59. The number of carbonyl (C=O) groups excluding carboxylic acids is 3. The van der Waals surface area contributed by atoms with E-state index in [4.69, 9.17) is 63.0 Å². The van der Waals surface area contributed by atoms with Gasteiger partial charge in [0.25, 0.3) is 5.91 Å². The van der Waals surface area contributed by atoms with Gasteiger partial charge in [0.1, 0.15) is 27.8 Å². The predicted molar refractivity (Wildman–Crippen MR) is 291 cm³/mol. The molecule has 0 radical (unpaired) electrons. The Hall–Kier alpha value is -5.69. The Morgan fingerprint density at radius 2 is 1.46 bits per heavy atom. The number of amides is 4. The molecule has 1 aromatic carbocycles. The lowest BCUT2D eigenvalue weighted by atomic mass is 9.85. The number of hydrogen-bond acceptors (Lipinski definition) is 23. The van der Waals surface area contributed by atoms with Gasteiger partial charge < -0.3 is 63.8 Å². The Morgan fingerprint density at radius 3 is 2.08 bits per heavy atom. The van der Waals surface area contributed by atoms with Crippen LogP contribution in [0.3, 0.4) is 0 Å².